The number of para-hydroxylation sites is 1. The van der Waals surface area contributed by atoms with Gasteiger partial charge in [0.05, 0.1) is 5.69 Å². The maximum Gasteiger partial charge on any atom is 0.201 e. The molecule has 0 amide bonds. The summed E-state index contributed by atoms with van der Waals surface area (Å²) < 4.78 is 5.51. The molecule has 0 aliphatic heterocycles. The Kier molecular flexibility index (Phi) is 3.43. The second-order valence-corrected chi connectivity index (χ2v) is 3.71. The molecule has 0 aliphatic carbocycles. The van der Waals surface area contributed by atoms with E-state index in [1.807, 2.05) is 6.92 Å². The fourth-order valence-corrected chi connectivity index (χ4v) is 1.50. The summed E-state index contributed by atoms with van der Waals surface area (Å²) in [7, 11) is 0. The van der Waals surface area contributed by atoms with Gasteiger partial charge in [-0.05, 0) is 12.1 Å². The van der Waals surface area contributed by atoms with E-state index in [0.717, 1.165) is 0 Å². The van der Waals surface area contributed by atoms with Crippen molar-refractivity contribution in [3.05, 3.63) is 24.1 Å². The summed E-state index contributed by atoms with van der Waals surface area (Å²) in [6.45, 7) is 1.94. The molecule has 0 fully saturated rings. The third kappa shape index (κ3) is 2.52. The molecule has 0 saturated carbocycles. The molecule has 1 aromatic heterocycles. The van der Waals surface area contributed by atoms with Crippen molar-refractivity contribution in [1.82, 2.24) is 4.98 Å². The molecule has 0 aliphatic rings. The van der Waals surface area contributed by atoms with Crippen LogP contribution in [0.2, 0.25) is 0 Å². The van der Waals surface area contributed by atoms with Crippen LogP contribution >= 0.6 is 0 Å². The van der Waals surface area contributed by atoms with Gasteiger partial charge < -0.3 is 10.2 Å². The summed E-state index contributed by atoms with van der Waals surface area (Å²) in [5.41, 5.74) is 9.56. The van der Waals surface area contributed by atoms with Gasteiger partial charge in [-0.25, -0.2) is 4.98 Å². The topological polar surface area (TPSA) is 124 Å². The molecule has 0 bridgehead atoms. The average Bonchev–Trinajstić information content (AvgIpc) is 2.82. The first kappa shape index (κ1) is 12.6. The lowest BCUT2D eigenvalue weighted by molar-refractivity contribution is 0.538. The summed E-state index contributed by atoms with van der Waals surface area (Å²) in [6.07, 6.45) is 0.689. The van der Waals surface area contributed by atoms with Crippen LogP contribution < -0.4 is 11.2 Å². The van der Waals surface area contributed by atoms with E-state index in [1.54, 1.807) is 24.3 Å². The molecule has 2 aromatic rings. The van der Waals surface area contributed by atoms with Crippen molar-refractivity contribution in [2.24, 2.45) is 10.8 Å². The highest BCUT2D eigenvalue weighted by Gasteiger charge is 2.08. The summed E-state index contributed by atoms with van der Waals surface area (Å²) >= 11 is 0. The molecule has 0 unspecified atom stereocenters. The molecule has 1 aromatic carbocycles. The standard InChI is InChI=1S/C12H12N6O/c1-2-10-16-11-7(4-3-5-9(11)19-10)17-18-8(6-13)12(14)15/h3-5,17H,2H2,1H3,(H3,14,15)/b18-8+. The quantitative estimate of drug-likeness (QED) is 0.435. The van der Waals surface area contributed by atoms with Crippen molar-refractivity contribution in [2.45, 2.75) is 13.3 Å². The second-order valence-electron chi connectivity index (χ2n) is 3.71. The number of benzene rings is 1. The predicted molar refractivity (Wildman–Crippen MR) is 72.0 cm³/mol. The molecule has 19 heavy (non-hydrogen) atoms. The molecule has 0 spiro atoms. The Morgan fingerprint density at radius 1 is 1.63 bits per heavy atom. The highest BCUT2D eigenvalue weighted by molar-refractivity contribution is 6.45. The molecular weight excluding hydrogens is 244 g/mol. The van der Waals surface area contributed by atoms with Crippen LogP contribution in [0.3, 0.4) is 0 Å². The first-order valence-corrected chi connectivity index (χ1v) is 5.62. The van der Waals surface area contributed by atoms with Gasteiger partial charge in [-0.2, -0.15) is 10.4 Å². The smallest absolute Gasteiger partial charge is 0.201 e. The van der Waals surface area contributed by atoms with Crippen molar-refractivity contribution in [3.63, 3.8) is 0 Å². The first-order valence-electron chi connectivity index (χ1n) is 5.62. The minimum atomic E-state index is -0.392. The number of hydrazone groups is 1. The molecule has 7 heteroatoms. The average molecular weight is 256 g/mol. The highest BCUT2D eigenvalue weighted by Crippen LogP contribution is 2.23. The van der Waals surface area contributed by atoms with Gasteiger partial charge in [0.2, 0.25) is 5.71 Å². The summed E-state index contributed by atoms with van der Waals surface area (Å²) in [6, 6.07) is 7.06. The molecule has 96 valence electrons. The number of fused-ring (bicyclic) bond motifs is 1. The fraction of sp³-hybridized carbons (Fsp3) is 0.167. The molecule has 0 atom stereocenters. The van der Waals surface area contributed by atoms with Crippen LogP contribution in [0.4, 0.5) is 5.69 Å². The zero-order valence-corrected chi connectivity index (χ0v) is 10.3. The molecular formula is C12H12N6O. The van der Waals surface area contributed by atoms with Crippen molar-refractivity contribution in [2.75, 3.05) is 5.43 Å². The van der Waals surface area contributed by atoms with E-state index in [0.29, 0.717) is 29.1 Å². The van der Waals surface area contributed by atoms with Gasteiger partial charge >= 0.3 is 0 Å². The number of nitrogens with one attached hydrogen (secondary N) is 2. The van der Waals surface area contributed by atoms with Gasteiger partial charge in [0.15, 0.2) is 17.3 Å². The Balaban J connectivity index is 2.38. The molecule has 2 rings (SSSR count). The van der Waals surface area contributed by atoms with Gasteiger partial charge in [0.25, 0.3) is 0 Å². The number of hydrogen-bond acceptors (Lipinski definition) is 6. The zero-order valence-electron chi connectivity index (χ0n) is 10.3. The maximum absolute atomic E-state index is 8.75. The highest BCUT2D eigenvalue weighted by atomic mass is 16.3. The van der Waals surface area contributed by atoms with Crippen LogP contribution in [0, 0.1) is 16.7 Å². The van der Waals surface area contributed by atoms with Crippen molar-refractivity contribution < 1.29 is 4.42 Å². The Morgan fingerprint density at radius 3 is 3.05 bits per heavy atom. The van der Waals surface area contributed by atoms with E-state index in [-0.39, 0.29) is 5.71 Å². The van der Waals surface area contributed by atoms with Gasteiger partial charge in [0, 0.05) is 6.42 Å². The zero-order chi connectivity index (χ0) is 13.8. The third-order valence-electron chi connectivity index (χ3n) is 2.41. The van der Waals surface area contributed by atoms with E-state index in [9.17, 15) is 0 Å². The third-order valence-corrected chi connectivity index (χ3v) is 2.41. The maximum atomic E-state index is 8.75. The van der Waals surface area contributed by atoms with Gasteiger partial charge in [-0.15, -0.1) is 0 Å². The molecule has 4 N–H and O–H groups in total. The Morgan fingerprint density at radius 2 is 2.42 bits per heavy atom. The van der Waals surface area contributed by atoms with Crippen molar-refractivity contribution >= 4 is 28.3 Å². The molecule has 1 heterocycles. The molecule has 0 saturated heterocycles. The fourth-order valence-electron chi connectivity index (χ4n) is 1.50. The number of aromatic nitrogens is 1. The lowest BCUT2D eigenvalue weighted by Crippen LogP contribution is -2.21. The van der Waals surface area contributed by atoms with Crippen LogP contribution in [-0.4, -0.2) is 16.5 Å². The number of nitrogens with two attached hydrogens (primary N) is 1. The largest absolute Gasteiger partial charge is 0.441 e. The first-order chi connectivity index (χ1) is 9.15. The van der Waals surface area contributed by atoms with E-state index in [4.69, 9.17) is 20.8 Å². The normalized spacial score (nSPS) is 11.3. The summed E-state index contributed by atoms with van der Waals surface area (Å²) in [5.74, 6) is 0.233. The van der Waals surface area contributed by atoms with Crippen molar-refractivity contribution in [1.29, 1.82) is 10.7 Å². The van der Waals surface area contributed by atoms with E-state index >= 15 is 0 Å². The lowest BCUT2D eigenvalue weighted by Gasteiger charge is -2.00. The number of amidine groups is 1. The predicted octanol–water partition coefficient (Wildman–Crippen LogP) is 1.62. The summed E-state index contributed by atoms with van der Waals surface area (Å²) in [4.78, 5) is 4.31. The van der Waals surface area contributed by atoms with E-state index in [2.05, 4.69) is 15.5 Å². The second kappa shape index (κ2) is 5.18. The number of nitrogens with zero attached hydrogens (tertiary/aromatic N) is 3. The van der Waals surface area contributed by atoms with Crippen LogP contribution in [0.1, 0.15) is 12.8 Å². The minimum absolute atomic E-state index is 0.184. The van der Waals surface area contributed by atoms with Gasteiger partial charge in [0.1, 0.15) is 11.6 Å². The number of oxazole rings is 1. The monoisotopic (exact) mass is 256 g/mol. The number of nitriles is 1. The number of anilines is 1. The van der Waals surface area contributed by atoms with Crippen LogP contribution in [-0.2, 0) is 6.42 Å². The number of hydrogen-bond donors (Lipinski definition) is 3. The summed E-state index contributed by atoms with van der Waals surface area (Å²) in [5, 5.41) is 19.7. The Labute approximate surface area is 109 Å². The van der Waals surface area contributed by atoms with E-state index in [1.165, 1.54) is 0 Å². The van der Waals surface area contributed by atoms with Crippen LogP contribution in [0.5, 0.6) is 0 Å². The molecule has 7 nitrogen and oxygen atoms in total. The van der Waals surface area contributed by atoms with Crippen molar-refractivity contribution in [3.8, 4) is 6.07 Å². The van der Waals surface area contributed by atoms with Crippen LogP contribution in [0.15, 0.2) is 27.7 Å². The van der Waals surface area contributed by atoms with Crippen LogP contribution in [0.25, 0.3) is 11.1 Å². The lowest BCUT2D eigenvalue weighted by atomic mass is 10.3. The number of aryl methyl sites for hydroxylation is 1. The van der Waals surface area contributed by atoms with Gasteiger partial charge in [-0.1, -0.05) is 13.0 Å². The minimum Gasteiger partial charge on any atom is -0.441 e. The SMILES string of the molecule is CCc1nc2c(N/N=C(\C#N)C(=N)N)cccc2o1. The van der Waals surface area contributed by atoms with Gasteiger partial charge in [-0.3, -0.25) is 10.8 Å². The Bertz CT molecular complexity index is 694. The van der Waals surface area contributed by atoms with E-state index < -0.39 is 5.84 Å². The molecule has 0 radical (unpaired) electrons. The Hall–Kier alpha value is -2.88. The number of rotatable bonds is 4.